The molecule has 0 aromatic heterocycles. The number of allylic oxidation sites excluding steroid dienone is 2. The molecule has 0 saturated carbocycles. The van der Waals surface area contributed by atoms with E-state index in [9.17, 15) is 4.79 Å². The molecule has 0 fully saturated rings. The van der Waals surface area contributed by atoms with E-state index in [1.807, 2.05) is 26.0 Å². The average molecular weight is 395 g/mol. The van der Waals surface area contributed by atoms with Gasteiger partial charge in [-0.05, 0) is 76.1 Å². The Morgan fingerprint density at radius 2 is 1.69 bits per heavy atom. The normalized spacial score (nSPS) is 24.1. The standard InChI is InChI=1S/C21H38O3Si2/c1-12-21(5,24-26(9,10)11)14-13-17-16(2)19(22)18(15-20(17,3)4)23-25(6,7)8/h12-14,18H,1,15H2,2-11H3. The van der Waals surface area contributed by atoms with Crippen LogP contribution in [0.3, 0.4) is 0 Å². The zero-order valence-electron chi connectivity index (χ0n) is 18.4. The van der Waals surface area contributed by atoms with Crippen LogP contribution in [0.25, 0.3) is 0 Å². The third-order valence-corrected chi connectivity index (χ3v) is 6.54. The van der Waals surface area contributed by atoms with Gasteiger partial charge >= 0.3 is 0 Å². The molecule has 0 saturated heterocycles. The third-order valence-electron chi connectivity index (χ3n) is 4.50. The van der Waals surface area contributed by atoms with Crippen molar-refractivity contribution in [1.29, 1.82) is 0 Å². The van der Waals surface area contributed by atoms with Gasteiger partial charge in [0.2, 0.25) is 0 Å². The second-order valence-corrected chi connectivity index (χ2v) is 19.0. The quantitative estimate of drug-likeness (QED) is 0.400. The van der Waals surface area contributed by atoms with E-state index in [4.69, 9.17) is 8.85 Å². The van der Waals surface area contributed by atoms with Crippen LogP contribution >= 0.6 is 0 Å². The van der Waals surface area contributed by atoms with Crippen molar-refractivity contribution in [2.75, 3.05) is 0 Å². The summed E-state index contributed by atoms with van der Waals surface area (Å²) in [6.07, 6.45) is 6.35. The van der Waals surface area contributed by atoms with E-state index in [-0.39, 0.29) is 17.3 Å². The highest BCUT2D eigenvalue weighted by Gasteiger charge is 2.40. The summed E-state index contributed by atoms with van der Waals surface area (Å²) in [5.41, 5.74) is 1.23. The molecular weight excluding hydrogens is 356 g/mol. The van der Waals surface area contributed by atoms with Crippen LogP contribution in [0.1, 0.15) is 34.1 Å². The Labute approximate surface area is 162 Å². The Morgan fingerprint density at radius 3 is 2.12 bits per heavy atom. The van der Waals surface area contributed by atoms with Crippen LogP contribution in [-0.2, 0) is 13.6 Å². The summed E-state index contributed by atoms with van der Waals surface area (Å²) >= 11 is 0. The van der Waals surface area contributed by atoms with Crippen molar-refractivity contribution in [1.82, 2.24) is 0 Å². The second kappa shape index (κ2) is 7.70. The predicted octanol–water partition coefficient (Wildman–Crippen LogP) is 5.87. The summed E-state index contributed by atoms with van der Waals surface area (Å²) in [4.78, 5) is 12.9. The average Bonchev–Trinajstić information content (AvgIpc) is 2.40. The van der Waals surface area contributed by atoms with Crippen LogP contribution in [0.15, 0.2) is 36.0 Å². The molecule has 0 radical (unpaired) electrons. The van der Waals surface area contributed by atoms with Crippen molar-refractivity contribution in [3.63, 3.8) is 0 Å². The van der Waals surface area contributed by atoms with Gasteiger partial charge in [-0.3, -0.25) is 4.79 Å². The Kier molecular flexibility index (Phi) is 6.90. The number of hydrogen-bond acceptors (Lipinski definition) is 3. The van der Waals surface area contributed by atoms with Gasteiger partial charge in [0.05, 0.1) is 5.60 Å². The second-order valence-electron chi connectivity index (χ2n) is 10.1. The summed E-state index contributed by atoms with van der Waals surface area (Å²) in [6, 6.07) is 0. The molecule has 148 valence electrons. The van der Waals surface area contributed by atoms with Gasteiger partial charge in [-0.1, -0.05) is 38.7 Å². The van der Waals surface area contributed by atoms with Crippen LogP contribution in [0.4, 0.5) is 0 Å². The fraction of sp³-hybridized carbons (Fsp3) is 0.667. The SMILES string of the molecule is C=CC(C)(C=CC1=C(C)C(=O)C(O[Si](C)(C)C)CC1(C)C)O[Si](C)(C)C. The van der Waals surface area contributed by atoms with E-state index in [0.29, 0.717) is 6.42 Å². The largest absolute Gasteiger partial charge is 0.407 e. The van der Waals surface area contributed by atoms with E-state index < -0.39 is 22.2 Å². The van der Waals surface area contributed by atoms with Gasteiger partial charge in [0.1, 0.15) is 6.10 Å². The maximum absolute atomic E-state index is 12.9. The fourth-order valence-electron chi connectivity index (χ4n) is 3.47. The van der Waals surface area contributed by atoms with Gasteiger partial charge in [0.25, 0.3) is 0 Å². The Morgan fingerprint density at radius 1 is 1.15 bits per heavy atom. The first-order valence-electron chi connectivity index (χ1n) is 9.46. The molecular formula is C21H38O3Si2. The molecule has 5 heteroatoms. The van der Waals surface area contributed by atoms with Gasteiger partial charge in [-0.15, -0.1) is 0 Å². The van der Waals surface area contributed by atoms with Gasteiger partial charge < -0.3 is 8.85 Å². The van der Waals surface area contributed by atoms with Crippen LogP contribution < -0.4 is 0 Å². The summed E-state index contributed by atoms with van der Waals surface area (Å²) in [6.45, 7) is 25.2. The minimum Gasteiger partial charge on any atom is -0.407 e. The van der Waals surface area contributed by atoms with Crippen molar-refractivity contribution >= 4 is 22.4 Å². The molecule has 2 unspecified atom stereocenters. The van der Waals surface area contributed by atoms with Crippen molar-refractivity contribution in [3.8, 4) is 0 Å². The molecule has 0 N–H and O–H groups in total. The molecule has 1 aliphatic rings. The number of Topliss-reactive ketones (excluding diaryl/α,β-unsaturated/α-hetero) is 1. The topological polar surface area (TPSA) is 35.5 Å². The number of hydrogen-bond donors (Lipinski definition) is 0. The molecule has 0 aromatic carbocycles. The zero-order valence-corrected chi connectivity index (χ0v) is 20.4. The Bertz CT molecular complexity index is 618. The van der Waals surface area contributed by atoms with Crippen LogP contribution in [0.5, 0.6) is 0 Å². The first kappa shape index (κ1) is 23.3. The summed E-state index contributed by atoms with van der Waals surface area (Å²) in [5, 5.41) is 0. The maximum Gasteiger partial charge on any atom is 0.186 e. The van der Waals surface area contributed by atoms with Crippen molar-refractivity contribution in [2.24, 2.45) is 5.41 Å². The van der Waals surface area contributed by atoms with Gasteiger partial charge in [0.15, 0.2) is 22.4 Å². The molecule has 0 bridgehead atoms. The first-order valence-corrected chi connectivity index (χ1v) is 16.3. The number of rotatable bonds is 7. The van der Waals surface area contributed by atoms with Crippen LogP contribution in [0, 0.1) is 5.41 Å². The zero-order chi connectivity index (χ0) is 20.6. The highest BCUT2D eigenvalue weighted by atomic mass is 28.4. The van der Waals surface area contributed by atoms with Crippen LogP contribution in [0.2, 0.25) is 39.3 Å². The molecule has 0 heterocycles. The van der Waals surface area contributed by atoms with Gasteiger partial charge in [0, 0.05) is 0 Å². The molecule has 0 aromatic rings. The molecule has 0 spiro atoms. The molecule has 1 rings (SSSR count). The lowest BCUT2D eigenvalue weighted by molar-refractivity contribution is -0.124. The van der Waals surface area contributed by atoms with Crippen molar-refractivity contribution < 1.29 is 13.6 Å². The van der Waals surface area contributed by atoms with E-state index >= 15 is 0 Å². The number of carbonyl (C=O) groups is 1. The summed E-state index contributed by atoms with van der Waals surface area (Å²) in [7, 11) is -3.50. The van der Waals surface area contributed by atoms with Crippen molar-refractivity contribution in [2.45, 2.75) is 85.1 Å². The Balaban J connectivity index is 3.22. The number of carbonyl (C=O) groups excluding carboxylic acids is 1. The molecule has 0 aliphatic heterocycles. The number of ketones is 1. The van der Waals surface area contributed by atoms with Crippen LogP contribution in [-0.4, -0.2) is 34.1 Å². The summed E-state index contributed by atoms with van der Waals surface area (Å²) in [5.74, 6) is 0.123. The van der Waals surface area contributed by atoms with E-state index in [1.165, 1.54) is 0 Å². The smallest absolute Gasteiger partial charge is 0.186 e. The van der Waals surface area contributed by atoms with E-state index in [1.54, 1.807) is 0 Å². The molecule has 2 atom stereocenters. The highest BCUT2D eigenvalue weighted by molar-refractivity contribution is 6.70. The lowest BCUT2D eigenvalue weighted by atomic mass is 9.71. The molecule has 26 heavy (non-hydrogen) atoms. The van der Waals surface area contributed by atoms with Crippen molar-refractivity contribution in [3.05, 3.63) is 36.0 Å². The molecule has 1 aliphatic carbocycles. The lowest BCUT2D eigenvalue weighted by Gasteiger charge is -2.39. The monoisotopic (exact) mass is 394 g/mol. The highest BCUT2D eigenvalue weighted by Crippen LogP contribution is 2.41. The van der Waals surface area contributed by atoms with Gasteiger partial charge in [-0.2, -0.15) is 0 Å². The third kappa shape index (κ3) is 6.44. The fourth-order valence-corrected chi connectivity index (χ4v) is 5.99. The minimum absolute atomic E-state index is 0.123. The lowest BCUT2D eigenvalue weighted by Crippen LogP contribution is -2.43. The molecule has 0 amide bonds. The first-order chi connectivity index (χ1) is 11.5. The van der Waals surface area contributed by atoms with E-state index in [2.05, 4.69) is 65.8 Å². The molecule has 3 nitrogen and oxygen atoms in total. The minimum atomic E-state index is -1.77. The maximum atomic E-state index is 12.9. The van der Waals surface area contributed by atoms with E-state index in [0.717, 1.165) is 11.1 Å². The van der Waals surface area contributed by atoms with Gasteiger partial charge in [-0.25, -0.2) is 0 Å². The summed E-state index contributed by atoms with van der Waals surface area (Å²) < 4.78 is 12.5. The predicted molar refractivity (Wildman–Crippen MR) is 116 cm³/mol. The Hall–Kier alpha value is -0.756.